The fraction of sp³-hybridized carbons (Fsp3) is 0.429. The highest BCUT2D eigenvalue weighted by Gasteiger charge is 2.52. The molecule has 0 unspecified atom stereocenters. The lowest BCUT2D eigenvalue weighted by atomic mass is 9.72. The first-order chi connectivity index (χ1) is 9.03. The highest BCUT2D eigenvalue weighted by Crippen LogP contribution is 2.42. The summed E-state index contributed by atoms with van der Waals surface area (Å²) < 4.78 is 13.8. The van der Waals surface area contributed by atoms with E-state index < -0.39 is 0 Å². The Bertz CT molecular complexity index is 579. The minimum absolute atomic E-state index is 0.105. The van der Waals surface area contributed by atoms with Crippen LogP contribution >= 0.6 is 0 Å². The topological polar surface area (TPSA) is 47.3 Å². The van der Waals surface area contributed by atoms with Crippen molar-refractivity contribution >= 4 is 11.6 Å². The van der Waals surface area contributed by atoms with Crippen LogP contribution in [0, 0.1) is 22.6 Å². The zero-order valence-corrected chi connectivity index (χ0v) is 10.7. The average molecular weight is 259 g/mol. The van der Waals surface area contributed by atoms with Crippen LogP contribution in [0.1, 0.15) is 12.5 Å². The predicted octanol–water partition coefficient (Wildman–Crippen LogP) is 1.37. The Labute approximate surface area is 111 Å². The molecule has 1 aromatic rings. The average Bonchev–Trinajstić information content (AvgIpc) is 2.26. The molecule has 19 heavy (non-hydrogen) atoms. The Morgan fingerprint density at radius 1 is 1.37 bits per heavy atom. The van der Waals surface area contributed by atoms with E-state index in [0.29, 0.717) is 11.3 Å². The van der Waals surface area contributed by atoms with Crippen LogP contribution in [0.15, 0.2) is 18.2 Å². The summed E-state index contributed by atoms with van der Waals surface area (Å²) in [6, 6.07) is 6.48. The largest absolute Gasteiger partial charge is 0.368 e. The van der Waals surface area contributed by atoms with Gasteiger partial charge in [0.2, 0.25) is 5.91 Å². The third-order valence-electron chi connectivity index (χ3n) is 3.97. The zero-order chi connectivity index (χ0) is 13.6. The fourth-order valence-electron chi connectivity index (χ4n) is 2.95. The molecule has 0 N–H and O–H groups in total. The van der Waals surface area contributed by atoms with E-state index in [4.69, 9.17) is 5.26 Å². The van der Waals surface area contributed by atoms with Crippen molar-refractivity contribution in [1.82, 2.24) is 4.90 Å². The summed E-state index contributed by atoms with van der Waals surface area (Å²) in [5.41, 5.74) is 1.04. The number of rotatable bonds is 1. The molecule has 0 saturated carbocycles. The quantitative estimate of drug-likeness (QED) is 0.765. The van der Waals surface area contributed by atoms with Gasteiger partial charge in [0, 0.05) is 38.5 Å². The Hall–Kier alpha value is -2.09. The van der Waals surface area contributed by atoms with E-state index in [1.165, 1.54) is 6.07 Å². The number of nitrogens with zero attached hydrogens (tertiary/aromatic N) is 3. The van der Waals surface area contributed by atoms with Crippen molar-refractivity contribution in [2.45, 2.75) is 6.92 Å². The van der Waals surface area contributed by atoms with Crippen molar-refractivity contribution in [1.29, 1.82) is 5.26 Å². The third kappa shape index (κ3) is 1.84. The molecule has 1 spiro atoms. The third-order valence-corrected chi connectivity index (χ3v) is 3.97. The minimum atomic E-state index is -0.350. The molecule has 98 valence electrons. The number of halogens is 1. The van der Waals surface area contributed by atoms with Gasteiger partial charge in [-0.25, -0.2) is 4.39 Å². The molecular weight excluding hydrogens is 245 g/mol. The molecule has 0 radical (unpaired) electrons. The van der Waals surface area contributed by atoms with E-state index in [1.54, 1.807) is 19.1 Å². The van der Waals surface area contributed by atoms with Crippen LogP contribution < -0.4 is 4.90 Å². The summed E-state index contributed by atoms with van der Waals surface area (Å²) in [5.74, 6) is -0.245. The molecule has 0 atom stereocenters. The van der Waals surface area contributed by atoms with Crippen LogP contribution in [-0.2, 0) is 4.79 Å². The second kappa shape index (κ2) is 3.95. The van der Waals surface area contributed by atoms with E-state index in [1.807, 2.05) is 15.9 Å². The number of carbonyl (C=O) groups excluding carboxylic acids is 1. The summed E-state index contributed by atoms with van der Waals surface area (Å²) in [4.78, 5) is 14.9. The maximum atomic E-state index is 13.8. The Balaban J connectivity index is 1.66. The van der Waals surface area contributed by atoms with Crippen LogP contribution in [0.25, 0.3) is 0 Å². The monoisotopic (exact) mass is 259 g/mol. The second-order valence-corrected chi connectivity index (χ2v) is 5.51. The van der Waals surface area contributed by atoms with E-state index in [0.717, 1.165) is 26.2 Å². The molecule has 4 nitrogen and oxygen atoms in total. The Kier molecular flexibility index (Phi) is 2.49. The summed E-state index contributed by atoms with van der Waals surface area (Å²) in [6.45, 7) is 4.68. The van der Waals surface area contributed by atoms with E-state index in [2.05, 4.69) is 0 Å². The molecule has 3 rings (SSSR count). The van der Waals surface area contributed by atoms with Gasteiger partial charge in [0.25, 0.3) is 0 Å². The molecule has 0 bridgehead atoms. The molecule has 2 aliphatic rings. The molecule has 5 heteroatoms. The van der Waals surface area contributed by atoms with Crippen LogP contribution in [-0.4, -0.2) is 37.0 Å². The van der Waals surface area contributed by atoms with Crippen LogP contribution in [0.4, 0.5) is 10.1 Å². The molecule has 0 aliphatic carbocycles. The lowest BCUT2D eigenvalue weighted by Gasteiger charge is -2.60. The van der Waals surface area contributed by atoms with Gasteiger partial charge in [0.15, 0.2) is 0 Å². The lowest BCUT2D eigenvalue weighted by molar-refractivity contribution is -0.142. The van der Waals surface area contributed by atoms with Gasteiger partial charge in [-0.05, 0) is 18.2 Å². The van der Waals surface area contributed by atoms with E-state index >= 15 is 0 Å². The molecule has 0 aromatic heterocycles. The molecule has 1 amide bonds. The van der Waals surface area contributed by atoms with Crippen molar-refractivity contribution in [3.8, 4) is 6.07 Å². The smallest absolute Gasteiger partial charge is 0.219 e. The molecule has 2 aliphatic heterocycles. The molecular formula is C14H14FN3O. The minimum Gasteiger partial charge on any atom is -0.368 e. The van der Waals surface area contributed by atoms with Gasteiger partial charge in [-0.1, -0.05) is 0 Å². The SMILES string of the molecule is CC(=O)N1CC2(C1)CN(c1ccc(C#N)cc1F)C2. The van der Waals surface area contributed by atoms with Crippen LogP contribution in [0.3, 0.4) is 0 Å². The molecule has 2 fully saturated rings. The lowest BCUT2D eigenvalue weighted by Crippen LogP contribution is -2.73. The number of hydrogen-bond donors (Lipinski definition) is 0. The summed E-state index contributed by atoms with van der Waals surface area (Å²) in [6.07, 6.45) is 0. The normalized spacial score (nSPS) is 19.6. The number of likely N-dealkylation sites (tertiary alicyclic amines) is 1. The summed E-state index contributed by atoms with van der Waals surface area (Å²) in [7, 11) is 0. The Morgan fingerprint density at radius 2 is 2.05 bits per heavy atom. The second-order valence-electron chi connectivity index (χ2n) is 5.51. The number of carbonyl (C=O) groups is 1. The number of hydrogen-bond acceptors (Lipinski definition) is 3. The number of nitriles is 1. The predicted molar refractivity (Wildman–Crippen MR) is 68.0 cm³/mol. The van der Waals surface area contributed by atoms with E-state index in [9.17, 15) is 9.18 Å². The highest BCUT2D eigenvalue weighted by atomic mass is 19.1. The fourth-order valence-corrected chi connectivity index (χ4v) is 2.95. The van der Waals surface area contributed by atoms with Crippen LogP contribution in [0.2, 0.25) is 0 Å². The van der Waals surface area contributed by atoms with Crippen molar-refractivity contribution < 1.29 is 9.18 Å². The van der Waals surface area contributed by atoms with Gasteiger partial charge < -0.3 is 9.80 Å². The van der Waals surface area contributed by atoms with Crippen molar-refractivity contribution in [3.63, 3.8) is 0 Å². The van der Waals surface area contributed by atoms with Gasteiger partial charge in [0.1, 0.15) is 5.82 Å². The summed E-state index contributed by atoms with van der Waals surface area (Å²) in [5, 5.41) is 8.71. The first-order valence-electron chi connectivity index (χ1n) is 6.23. The Morgan fingerprint density at radius 3 is 2.58 bits per heavy atom. The maximum absolute atomic E-state index is 13.8. The summed E-state index contributed by atoms with van der Waals surface area (Å²) >= 11 is 0. The number of benzene rings is 1. The molecule has 2 heterocycles. The van der Waals surface area contributed by atoms with Crippen LogP contribution in [0.5, 0.6) is 0 Å². The van der Waals surface area contributed by atoms with Gasteiger partial charge in [-0.15, -0.1) is 0 Å². The van der Waals surface area contributed by atoms with Crippen molar-refractivity contribution in [2.24, 2.45) is 5.41 Å². The van der Waals surface area contributed by atoms with Gasteiger partial charge in [-0.3, -0.25) is 4.79 Å². The maximum Gasteiger partial charge on any atom is 0.219 e. The standard InChI is InChI=1S/C14H14FN3O/c1-10(19)17-6-14(7-17)8-18(9-14)13-3-2-11(5-16)4-12(13)15/h2-4H,6-9H2,1H3. The van der Waals surface area contributed by atoms with Gasteiger partial charge in [0.05, 0.1) is 17.3 Å². The van der Waals surface area contributed by atoms with Crippen molar-refractivity contribution in [2.75, 3.05) is 31.1 Å². The molecule has 2 saturated heterocycles. The molecule has 1 aromatic carbocycles. The first kappa shape index (κ1) is 12.0. The first-order valence-corrected chi connectivity index (χ1v) is 6.23. The highest BCUT2D eigenvalue weighted by molar-refractivity contribution is 5.74. The van der Waals surface area contributed by atoms with Gasteiger partial charge in [-0.2, -0.15) is 5.26 Å². The number of anilines is 1. The van der Waals surface area contributed by atoms with E-state index in [-0.39, 0.29) is 17.1 Å². The van der Waals surface area contributed by atoms with Gasteiger partial charge >= 0.3 is 0 Å². The zero-order valence-electron chi connectivity index (χ0n) is 10.7. The number of amides is 1. The van der Waals surface area contributed by atoms with Crippen molar-refractivity contribution in [3.05, 3.63) is 29.6 Å².